The van der Waals surface area contributed by atoms with Crippen molar-refractivity contribution in [1.29, 1.82) is 0 Å². The molecule has 0 aliphatic carbocycles. The number of amides is 1. The summed E-state index contributed by atoms with van der Waals surface area (Å²) in [5, 5.41) is 12.1. The Hall–Kier alpha value is -2.38. The number of aromatic nitrogens is 2. The maximum Gasteiger partial charge on any atom is 0.267 e. The Morgan fingerprint density at radius 2 is 2.14 bits per heavy atom. The molecule has 0 radical (unpaired) electrons. The summed E-state index contributed by atoms with van der Waals surface area (Å²) in [7, 11) is 1.68. The molecule has 0 aromatic carbocycles. The van der Waals surface area contributed by atoms with Crippen LogP contribution in [0.4, 0.5) is 5.82 Å². The minimum absolute atomic E-state index is 0.271. The molecule has 3 N–H and O–H groups in total. The maximum absolute atomic E-state index is 11.2. The first-order valence-electron chi connectivity index (χ1n) is 9.59. The van der Waals surface area contributed by atoms with Gasteiger partial charge < -0.3 is 10.1 Å². The summed E-state index contributed by atoms with van der Waals surface area (Å²) in [4.78, 5) is 16.1. The number of carbonyl (C=O) groups excluding carboxylic acids is 1. The van der Waals surface area contributed by atoms with E-state index in [1.165, 1.54) is 6.08 Å². The molecule has 1 unspecified atom stereocenters. The second kappa shape index (κ2) is 9.71. The van der Waals surface area contributed by atoms with Gasteiger partial charge in [0, 0.05) is 25.9 Å². The van der Waals surface area contributed by atoms with Crippen LogP contribution in [0.15, 0.2) is 24.4 Å². The van der Waals surface area contributed by atoms with E-state index in [0.717, 1.165) is 35.6 Å². The van der Waals surface area contributed by atoms with Gasteiger partial charge in [-0.25, -0.2) is 10.5 Å². The Kier molecular flexibility index (Phi) is 7.60. The van der Waals surface area contributed by atoms with Gasteiger partial charge in [0.1, 0.15) is 11.5 Å². The molecule has 7 nitrogen and oxygen atoms in total. The standard InChI is InChI=1S/C21H32N4O3/c1-15(13-21(2,3)4)12-17-20(22-10-11-28-5)25-14-16(6-8-18(25)23-17)7-9-19(26)24-27/h6-9,14-15,22,27H,10-13H2,1-5H3,(H,24,26). The number of nitrogens with zero attached hydrogens (tertiary/aromatic N) is 2. The zero-order chi connectivity index (χ0) is 20.7. The highest BCUT2D eigenvalue weighted by atomic mass is 16.5. The second-order valence-electron chi connectivity index (χ2n) is 8.40. The SMILES string of the molecule is COCCNc1c(CC(C)CC(C)(C)C)nc2ccc(C=CC(=O)NO)cn12. The molecular weight excluding hydrogens is 356 g/mol. The van der Waals surface area contributed by atoms with E-state index in [-0.39, 0.29) is 5.41 Å². The Labute approximate surface area is 166 Å². The molecule has 2 rings (SSSR count). The van der Waals surface area contributed by atoms with Gasteiger partial charge in [-0.1, -0.05) is 27.7 Å². The first kappa shape index (κ1) is 21.9. The number of nitrogens with one attached hydrogen (secondary N) is 2. The zero-order valence-corrected chi connectivity index (χ0v) is 17.5. The number of fused-ring (bicyclic) bond motifs is 1. The average molecular weight is 389 g/mol. The third-order valence-corrected chi connectivity index (χ3v) is 4.35. The molecule has 0 saturated carbocycles. The third kappa shape index (κ3) is 6.35. The van der Waals surface area contributed by atoms with Crippen LogP contribution in [-0.2, 0) is 16.0 Å². The van der Waals surface area contributed by atoms with Crippen LogP contribution >= 0.6 is 0 Å². The molecule has 2 heterocycles. The number of imidazole rings is 1. The van der Waals surface area contributed by atoms with Crippen molar-refractivity contribution in [3.63, 3.8) is 0 Å². The molecule has 0 aliphatic rings. The molecular formula is C21H32N4O3. The third-order valence-electron chi connectivity index (χ3n) is 4.35. The van der Waals surface area contributed by atoms with Gasteiger partial charge in [0.2, 0.25) is 0 Å². The highest BCUT2D eigenvalue weighted by molar-refractivity contribution is 5.90. The molecule has 2 aromatic heterocycles. The predicted molar refractivity (Wildman–Crippen MR) is 111 cm³/mol. The van der Waals surface area contributed by atoms with Gasteiger partial charge in [-0.2, -0.15) is 0 Å². The number of carbonyl (C=O) groups is 1. The summed E-state index contributed by atoms with van der Waals surface area (Å²) in [5.74, 6) is 0.885. The van der Waals surface area contributed by atoms with Crippen molar-refractivity contribution in [3.05, 3.63) is 35.7 Å². The largest absolute Gasteiger partial charge is 0.383 e. The molecule has 0 fully saturated rings. The monoisotopic (exact) mass is 388 g/mol. The summed E-state index contributed by atoms with van der Waals surface area (Å²) in [5.41, 5.74) is 4.57. The zero-order valence-electron chi connectivity index (χ0n) is 17.5. The van der Waals surface area contributed by atoms with Crippen molar-refractivity contribution in [3.8, 4) is 0 Å². The average Bonchev–Trinajstić information content (AvgIpc) is 2.94. The number of hydrogen-bond acceptors (Lipinski definition) is 5. The van der Waals surface area contributed by atoms with Crippen molar-refractivity contribution in [1.82, 2.24) is 14.9 Å². The molecule has 0 spiro atoms. The van der Waals surface area contributed by atoms with E-state index >= 15 is 0 Å². The summed E-state index contributed by atoms with van der Waals surface area (Å²) in [6.07, 6.45) is 6.85. The van der Waals surface area contributed by atoms with E-state index in [2.05, 4.69) is 33.0 Å². The van der Waals surface area contributed by atoms with E-state index < -0.39 is 5.91 Å². The van der Waals surface area contributed by atoms with Crippen molar-refractivity contribution < 1.29 is 14.7 Å². The number of rotatable bonds is 9. The van der Waals surface area contributed by atoms with Crippen LogP contribution in [0, 0.1) is 11.3 Å². The summed E-state index contributed by atoms with van der Waals surface area (Å²) in [6.45, 7) is 10.3. The highest BCUT2D eigenvalue weighted by Crippen LogP contribution is 2.29. The van der Waals surface area contributed by atoms with Crippen LogP contribution in [0.2, 0.25) is 0 Å². The van der Waals surface area contributed by atoms with Crippen molar-refractivity contribution >= 4 is 23.4 Å². The molecule has 0 saturated heterocycles. The highest BCUT2D eigenvalue weighted by Gasteiger charge is 2.19. The lowest BCUT2D eigenvalue weighted by atomic mass is 9.84. The smallest absolute Gasteiger partial charge is 0.267 e. The Bertz CT molecular complexity index is 821. The maximum atomic E-state index is 11.2. The van der Waals surface area contributed by atoms with Gasteiger partial charge in [-0.3, -0.25) is 14.4 Å². The summed E-state index contributed by atoms with van der Waals surface area (Å²) >= 11 is 0. The lowest BCUT2D eigenvalue weighted by Gasteiger charge is -2.23. The van der Waals surface area contributed by atoms with Crippen molar-refractivity contribution in [2.24, 2.45) is 11.3 Å². The van der Waals surface area contributed by atoms with Gasteiger partial charge in [-0.05, 0) is 47.9 Å². The lowest BCUT2D eigenvalue weighted by molar-refractivity contribution is -0.124. The van der Waals surface area contributed by atoms with E-state index in [1.807, 2.05) is 22.7 Å². The number of hydrogen-bond donors (Lipinski definition) is 3. The fourth-order valence-corrected chi connectivity index (χ4v) is 3.47. The second-order valence-corrected chi connectivity index (χ2v) is 8.40. The van der Waals surface area contributed by atoms with E-state index in [1.54, 1.807) is 18.7 Å². The van der Waals surface area contributed by atoms with Crippen LogP contribution in [0.5, 0.6) is 0 Å². The topological polar surface area (TPSA) is 87.9 Å². The van der Waals surface area contributed by atoms with Gasteiger partial charge >= 0.3 is 0 Å². The summed E-state index contributed by atoms with van der Waals surface area (Å²) < 4.78 is 7.17. The number of anilines is 1. The molecule has 2 aromatic rings. The molecule has 154 valence electrons. The van der Waals surface area contributed by atoms with Crippen LogP contribution in [-0.4, -0.2) is 40.8 Å². The molecule has 28 heavy (non-hydrogen) atoms. The van der Waals surface area contributed by atoms with Gasteiger partial charge in [0.05, 0.1) is 12.3 Å². The Balaban J connectivity index is 2.35. The lowest BCUT2D eigenvalue weighted by Crippen LogP contribution is -2.15. The number of hydroxylamine groups is 1. The first-order valence-corrected chi connectivity index (χ1v) is 9.59. The number of methoxy groups -OCH3 is 1. The molecule has 7 heteroatoms. The fraction of sp³-hybridized carbons (Fsp3) is 0.524. The van der Waals surface area contributed by atoms with Gasteiger partial charge in [0.15, 0.2) is 0 Å². The Morgan fingerprint density at radius 1 is 1.39 bits per heavy atom. The van der Waals surface area contributed by atoms with E-state index in [0.29, 0.717) is 19.1 Å². The van der Waals surface area contributed by atoms with Crippen LogP contribution in [0.25, 0.3) is 11.7 Å². The molecule has 0 bridgehead atoms. The predicted octanol–water partition coefficient (Wildman–Crippen LogP) is 3.53. The molecule has 1 atom stereocenters. The van der Waals surface area contributed by atoms with Crippen molar-refractivity contribution in [2.45, 2.75) is 40.5 Å². The van der Waals surface area contributed by atoms with Gasteiger partial charge in [-0.15, -0.1) is 0 Å². The molecule has 1 amide bonds. The van der Waals surface area contributed by atoms with E-state index in [4.69, 9.17) is 14.9 Å². The minimum atomic E-state index is -0.569. The Morgan fingerprint density at radius 3 is 2.79 bits per heavy atom. The van der Waals surface area contributed by atoms with Crippen molar-refractivity contribution in [2.75, 3.05) is 25.6 Å². The van der Waals surface area contributed by atoms with Crippen LogP contribution < -0.4 is 10.8 Å². The van der Waals surface area contributed by atoms with Crippen LogP contribution in [0.3, 0.4) is 0 Å². The number of ether oxygens (including phenoxy) is 1. The number of pyridine rings is 1. The van der Waals surface area contributed by atoms with Crippen LogP contribution in [0.1, 0.15) is 45.4 Å². The van der Waals surface area contributed by atoms with E-state index in [9.17, 15) is 4.79 Å². The minimum Gasteiger partial charge on any atom is -0.383 e. The fourth-order valence-electron chi connectivity index (χ4n) is 3.47. The van der Waals surface area contributed by atoms with Gasteiger partial charge in [0.25, 0.3) is 5.91 Å². The molecule has 0 aliphatic heterocycles. The first-order chi connectivity index (χ1) is 13.2. The summed E-state index contributed by atoms with van der Waals surface area (Å²) in [6, 6.07) is 3.82. The normalized spacial score (nSPS) is 13.2. The quantitative estimate of drug-likeness (QED) is 0.265.